The number of fused-ring (bicyclic) bond motifs is 3. The van der Waals surface area contributed by atoms with Gasteiger partial charge in [0, 0.05) is 43.8 Å². The van der Waals surface area contributed by atoms with Crippen molar-refractivity contribution in [2.24, 2.45) is 4.99 Å². The number of rotatable bonds is 4. The summed E-state index contributed by atoms with van der Waals surface area (Å²) in [5.74, 6) is 0. The van der Waals surface area contributed by atoms with Crippen LogP contribution >= 0.6 is 15.9 Å². The molecule has 1 aromatic heterocycles. The van der Waals surface area contributed by atoms with Crippen molar-refractivity contribution < 1.29 is 4.42 Å². The standard InChI is InChI=1S/C34H23BrN2O/c35-27-19-17-26(18-20-27)34(25-7-2-1-3-8-25)36-22-21-31(37-34)24-15-13-23(14-16-24)28-10-6-11-30-29-9-4-5-12-32(29)38-33(28)30/h1-22,37H. The summed E-state index contributed by atoms with van der Waals surface area (Å²) in [6.45, 7) is 0. The second kappa shape index (κ2) is 9.16. The van der Waals surface area contributed by atoms with Gasteiger partial charge in [0.25, 0.3) is 0 Å². The molecule has 38 heavy (non-hydrogen) atoms. The van der Waals surface area contributed by atoms with E-state index < -0.39 is 5.66 Å². The highest BCUT2D eigenvalue weighted by atomic mass is 79.9. The lowest BCUT2D eigenvalue weighted by Gasteiger charge is -2.36. The van der Waals surface area contributed by atoms with Crippen molar-refractivity contribution in [2.75, 3.05) is 0 Å². The van der Waals surface area contributed by atoms with Crippen LogP contribution in [0.2, 0.25) is 0 Å². The Hall–Kier alpha value is -4.41. The number of benzene rings is 5. The third-order valence-electron chi connectivity index (χ3n) is 7.19. The molecule has 6 aromatic rings. The van der Waals surface area contributed by atoms with E-state index in [2.05, 4.69) is 124 Å². The van der Waals surface area contributed by atoms with E-state index in [0.717, 1.165) is 59.9 Å². The van der Waals surface area contributed by atoms with Crippen molar-refractivity contribution in [1.29, 1.82) is 0 Å². The van der Waals surface area contributed by atoms with Crippen LogP contribution in [-0.4, -0.2) is 6.21 Å². The van der Waals surface area contributed by atoms with Crippen molar-refractivity contribution in [3.05, 3.63) is 149 Å². The van der Waals surface area contributed by atoms with Crippen LogP contribution in [0.4, 0.5) is 0 Å². The number of nitrogens with zero attached hydrogens (tertiary/aromatic N) is 1. The Morgan fingerprint density at radius 1 is 0.632 bits per heavy atom. The van der Waals surface area contributed by atoms with Gasteiger partial charge in [0.1, 0.15) is 11.2 Å². The molecule has 3 nitrogen and oxygen atoms in total. The van der Waals surface area contributed by atoms with E-state index in [1.165, 1.54) is 0 Å². The van der Waals surface area contributed by atoms with Gasteiger partial charge in [-0.15, -0.1) is 0 Å². The van der Waals surface area contributed by atoms with E-state index in [9.17, 15) is 0 Å². The van der Waals surface area contributed by atoms with Gasteiger partial charge in [-0.05, 0) is 35.4 Å². The topological polar surface area (TPSA) is 37.5 Å². The Bertz CT molecular complexity index is 1830. The average Bonchev–Trinajstić information content (AvgIpc) is 3.37. The number of furan rings is 1. The summed E-state index contributed by atoms with van der Waals surface area (Å²) in [7, 11) is 0. The number of halogens is 1. The lowest BCUT2D eigenvalue weighted by molar-refractivity contribution is 0.491. The SMILES string of the molecule is Brc1ccc(C2(c3ccccc3)N=CC=C(c3ccc(-c4cccc5c4oc4ccccc45)cc3)N2)cc1. The fraction of sp³-hybridized carbons (Fsp3) is 0.0294. The number of aliphatic imine (C=N–C) groups is 1. The fourth-order valence-electron chi connectivity index (χ4n) is 5.30. The summed E-state index contributed by atoms with van der Waals surface area (Å²) in [5, 5.41) is 6.05. The van der Waals surface area contributed by atoms with Gasteiger partial charge in [-0.2, -0.15) is 0 Å². The van der Waals surface area contributed by atoms with Gasteiger partial charge >= 0.3 is 0 Å². The Morgan fingerprint density at radius 2 is 1.32 bits per heavy atom. The van der Waals surface area contributed by atoms with Crippen LogP contribution in [0, 0.1) is 0 Å². The number of hydrogen-bond acceptors (Lipinski definition) is 3. The predicted octanol–water partition coefficient (Wildman–Crippen LogP) is 8.93. The molecule has 0 radical (unpaired) electrons. The van der Waals surface area contributed by atoms with Crippen molar-refractivity contribution >= 4 is 49.8 Å². The number of para-hydroxylation sites is 2. The molecule has 2 heterocycles. The molecule has 5 aromatic carbocycles. The zero-order valence-electron chi connectivity index (χ0n) is 20.4. The Morgan fingerprint density at radius 3 is 2.13 bits per heavy atom. The maximum absolute atomic E-state index is 6.27. The van der Waals surface area contributed by atoms with Crippen molar-refractivity contribution in [2.45, 2.75) is 5.66 Å². The average molecular weight is 555 g/mol. The normalized spacial score (nSPS) is 16.9. The summed E-state index contributed by atoms with van der Waals surface area (Å²) in [4.78, 5) is 4.99. The number of allylic oxidation sites excluding steroid dienone is 1. The van der Waals surface area contributed by atoms with Crippen LogP contribution in [-0.2, 0) is 5.66 Å². The highest BCUT2D eigenvalue weighted by Crippen LogP contribution is 2.38. The van der Waals surface area contributed by atoms with Gasteiger partial charge in [0.05, 0.1) is 0 Å². The lowest BCUT2D eigenvalue weighted by atomic mass is 9.89. The molecule has 0 bridgehead atoms. The van der Waals surface area contributed by atoms with Crippen LogP contribution in [0.25, 0.3) is 38.8 Å². The Kier molecular flexibility index (Phi) is 5.49. The van der Waals surface area contributed by atoms with Crippen molar-refractivity contribution in [3.63, 3.8) is 0 Å². The first-order chi connectivity index (χ1) is 18.7. The minimum absolute atomic E-state index is 0.718. The molecule has 182 valence electrons. The number of nitrogens with one attached hydrogen (secondary N) is 1. The molecule has 1 N–H and O–H groups in total. The van der Waals surface area contributed by atoms with E-state index in [4.69, 9.17) is 9.41 Å². The van der Waals surface area contributed by atoms with E-state index in [-0.39, 0.29) is 0 Å². The zero-order valence-corrected chi connectivity index (χ0v) is 22.0. The maximum atomic E-state index is 6.27. The molecule has 4 heteroatoms. The molecule has 0 saturated carbocycles. The first-order valence-electron chi connectivity index (χ1n) is 12.6. The second-order valence-corrected chi connectivity index (χ2v) is 10.3. The molecule has 0 aliphatic carbocycles. The minimum atomic E-state index is -0.718. The second-order valence-electron chi connectivity index (χ2n) is 9.42. The molecular weight excluding hydrogens is 532 g/mol. The minimum Gasteiger partial charge on any atom is -0.455 e. The molecule has 0 fully saturated rings. The maximum Gasteiger partial charge on any atom is 0.181 e. The first-order valence-corrected chi connectivity index (χ1v) is 13.4. The molecule has 0 saturated heterocycles. The fourth-order valence-corrected chi connectivity index (χ4v) is 5.56. The van der Waals surface area contributed by atoms with Gasteiger partial charge in [-0.1, -0.05) is 119 Å². The highest BCUT2D eigenvalue weighted by Gasteiger charge is 2.35. The van der Waals surface area contributed by atoms with E-state index in [1.807, 2.05) is 30.5 Å². The molecular formula is C34H23BrN2O. The summed E-state index contributed by atoms with van der Waals surface area (Å²) >= 11 is 3.57. The van der Waals surface area contributed by atoms with E-state index >= 15 is 0 Å². The zero-order chi connectivity index (χ0) is 25.5. The van der Waals surface area contributed by atoms with Crippen LogP contribution in [0.3, 0.4) is 0 Å². The monoisotopic (exact) mass is 554 g/mol. The van der Waals surface area contributed by atoms with Crippen LogP contribution in [0.1, 0.15) is 16.7 Å². The van der Waals surface area contributed by atoms with Crippen LogP contribution in [0.5, 0.6) is 0 Å². The van der Waals surface area contributed by atoms with E-state index in [1.54, 1.807) is 0 Å². The van der Waals surface area contributed by atoms with Gasteiger partial charge in [-0.25, -0.2) is 0 Å². The quantitative estimate of drug-likeness (QED) is 0.236. The molecule has 1 aliphatic rings. The molecule has 1 aliphatic heterocycles. The van der Waals surface area contributed by atoms with Crippen LogP contribution in [0.15, 0.2) is 141 Å². The predicted molar refractivity (Wildman–Crippen MR) is 160 cm³/mol. The van der Waals surface area contributed by atoms with Crippen molar-refractivity contribution in [1.82, 2.24) is 5.32 Å². The third-order valence-corrected chi connectivity index (χ3v) is 7.72. The highest BCUT2D eigenvalue weighted by molar-refractivity contribution is 9.10. The first kappa shape index (κ1) is 22.8. The number of hydrogen-bond donors (Lipinski definition) is 1. The van der Waals surface area contributed by atoms with Gasteiger partial charge in [0.2, 0.25) is 0 Å². The van der Waals surface area contributed by atoms with E-state index in [0.29, 0.717) is 0 Å². The van der Waals surface area contributed by atoms with Gasteiger partial charge in [0.15, 0.2) is 5.66 Å². The van der Waals surface area contributed by atoms with Gasteiger partial charge < -0.3 is 9.73 Å². The third kappa shape index (κ3) is 3.77. The molecule has 7 rings (SSSR count). The largest absolute Gasteiger partial charge is 0.455 e. The molecule has 0 spiro atoms. The Balaban J connectivity index is 1.27. The smallest absolute Gasteiger partial charge is 0.181 e. The molecule has 1 unspecified atom stereocenters. The molecule has 0 amide bonds. The van der Waals surface area contributed by atoms with Gasteiger partial charge in [-0.3, -0.25) is 4.99 Å². The molecule has 1 atom stereocenters. The summed E-state index contributed by atoms with van der Waals surface area (Å²) < 4.78 is 7.31. The summed E-state index contributed by atoms with van der Waals surface area (Å²) in [6, 6.07) is 41.9. The van der Waals surface area contributed by atoms with Crippen molar-refractivity contribution in [3.8, 4) is 11.1 Å². The van der Waals surface area contributed by atoms with Crippen LogP contribution < -0.4 is 5.32 Å². The lowest BCUT2D eigenvalue weighted by Crippen LogP contribution is -2.42. The summed E-state index contributed by atoms with van der Waals surface area (Å²) in [5.41, 5.74) is 7.57. The Labute approximate surface area is 229 Å². The summed E-state index contributed by atoms with van der Waals surface area (Å²) in [6.07, 6.45) is 3.94.